The molecule has 0 radical (unpaired) electrons. The molecule has 1 fully saturated rings. The number of Topliss-reactive ketones (excluding diaryl/α,β-unsaturated/α-hetero) is 1. The lowest BCUT2D eigenvalue weighted by atomic mass is 9.89. The van der Waals surface area contributed by atoms with Crippen molar-refractivity contribution >= 4 is 11.8 Å². The number of likely N-dealkylation sites (tertiary alicyclic amines) is 1. The number of halogens is 3. The fourth-order valence-corrected chi connectivity index (χ4v) is 3.58. The first-order valence-corrected chi connectivity index (χ1v) is 9.00. The molecule has 2 aromatic carbocycles. The van der Waals surface area contributed by atoms with Gasteiger partial charge in [-0.05, 0) is 43.1 Å². The molecule has 0 amide bonds. The van der Waals surface area contributed by atoms with Crippen molar-refractivity contribution in [3.63, 3.8) is 0 Å². The van der Waals surface area contributed by atoms with Crippen LogP contribution < -0.4 is 0 Å². The van der Waals surface area contributed by atoms with E-state index in [4.69, 9.17) is 0 Å². The molecule has 148 valence electrons. The Hall–Kier alpha value is -2.67. The monoisotopic (exact) mass is 391 g/mol. The Bertz CT molecular complexity index is 862. The van der Waals surface area contributed by atoms with E-state index in [0.717, 1.165) is 25.1 Å². The Morgan fingerprint density at radius 2 is 1.75 bits per heavy atom. The maximum atomic E-state index is 12.7. The van der Waals surface area contributed by atoms with Gasteiger partial charge in [-0.2, -0.15) is 13.2 Å². The maximum absolute atomic E-state index is 12.7. The lowest BCUT2D eigenvalue weighted by Crippen LogP contribution is -2.38. The standard InChI is InChI=1S/C21H20F3NO3/c22-21(23,24)17-9-7-14(8-10-17)19(26)16-5-3-11-25(13-16)12-15-4-1-2-6-18(15)20(27)28/h1-2,4,6-10,16H,3,5,11-13H2,(H,27,28)/t16-/m1/s1. The number of hydrogen-bond acceptors (Lipinski definition) is 3. The lowest BCUT2D eigenvalue weighted by Gasteiger charge is -2.32. The van der Waals surface area contributed by atoms with Crippen molar-refractivity contribution in [3.05, 3.63) is 70.8 Å². The average Bonchev–Trinajstić information content (AvgIpc) is 2.67. The van der Waals surface area contributed by atoms with Gasteiger partial charge in [-0.3, -0.25) is 9.69 Å². The molecule has 1 aliphatic rings. The third-order valence-corrected chi connectivity index (χ3v) is 5.01. The summed E-state index contributed by atoms with van der Waals surface area (Å²) < 4.78 is 38.1. The molecule has 0 bridgehead atoms. The van der Waals surface area contributed by atoms with Crippen LogP contribution >= 0.6 is 0 Å². The van der Waals surface area contributed by atoms with Crippen LogP contribution in [0.15, 0.2) is 48.5 Å². The molecule has 0 unspecified atom stereocenters. The van der Waals surface area contributed by atoms with E-state index in [1.807, 2.05) is 4.90 Å². The minimum Gasteiger partial charge on any atom is -0.478 e. The van der Waals surface area contributed by atoms with Crippen molar-refractivity contribution < 1.29 is 27.9 Å². The summed E-state index contributed by atoms with van der Waals surface area (Å²) in [7, 11) is 0. The molecule has 0 saturated carbocycles. The van der Waals surface area contributed by atoms with Crippen LogP contribution in [-0.4, -0.2) is 34.8 Å². The van der Waals surface area contributed by atoms with Gasteiger partial charge in [0.05, 0.1) is 11.1 Å². The van der Waals surface area contributed by atoms with E-state index in [9.17, 15) is 27.9 Å². The molecule has 4 nitrogen and oxygen atoms in total. The molecule has 7 heteroatoms. The quantitative estimate of drug-likeness (QED) is 0.763. The Labute approximate surface area is 160 Å². The van der Waals surface area contributed by atoms with E-state index in [-0.39, 0.29) is 22.8 Å². The van der Waals surface area contributed by atoms with Crippen molar-refractivity contribution in [3.8, 4) is 0 Å². The van der Waals surface area contributed by atoms with Gasteiger partial charge in [0.25, 0.3) is 0 Å². The minimum absolute atomic E-state index is 0.176. The fourth-order valence-electron chi connectivity index (χ4n) is 3.58. The predicted molar refractivity (Wildman–Crippen MR) is 97.2 cm³/mol. The first kappa shape index (κ1) is 20.1. The molecule has 0 aliphatic carbocycles. The highest BCUT2D eigenvalue weighted by Crippen LogP contribution is 2.30. The van der Waals surface area contributed by atoms with Crippen LogP contribution in [0.3, 0.4) is 0 Å². The number of carboxylic acids is 1. The molecule has 1 N–H and O–H groups in total. The van der Waals surface area contributed by atoms with E-state index in [0.29, 0.717) is 25.1 Å². The number of aromatic carboxylic acids is 1. The highest BCUT2D eigenvalue weighted by atomic mass is 19.4. The zero-order valence-electron chi connectivity index (χ0n) is 15.1. The van der Waals surface area contributed by atoms with Gasteiger partial charge in [0.15, 0.2) is 5.78 Å². The van der Waals surface area contributed by atoms with Crippen LogP contribution in [0, 0.1) is 5.92 Å². The number of carbonyl (C=O) groups is 2. The Morgan fingerprint density at radius 1 is 1.07 bits per heavy atom. The number of rotatable bonds is 5. The molecule has 0 spiro atoms. The summed E-state index contributed by atoms with van der Waals surface area (Å²) in [5.41, 5.74) is 0.404. The van der Waals surface area contributed by atoms with Crippen molar-refractivity contribution in [1.29, 1.82) is 0 Å². The van der Waals surface area contributed by atoms with E-state index in [1.54, 1.807) is 24.3 Å². The summed E-state index contributed by atoms with van der Waals surface area (Å²) in [6, 6.07) is 11.1. The van der Waals surface area contributed by atoms with E-state index < -0.39 is 17.7 Å². The van der Waals surface area contributed by atoms with Gasteiger partial charge in [0.2, 0.25) is 0 Å². The zero-order valence-corrected chi connectivity index (χ0v) is 15.1. The second-order valence-corrected chi connectivity index (χ2v) is 6.98. The third kappa shape index (κ3) is 4.59. The normalized spacial score (nSPS) is 18.0. The molecule has 1 atom stereocenters. The number of nitrogens with zero attached hydrogens (tertiary/aromatic N) is 1. The smallest absolute Gasteiger partial charge is 0.416 e. The summed E-state index contributed by atoms with van der Waals surface area (Å²) >= 11 is 0. The molecule has 1 saturated heterocycles. The number of carboxylic acid groups (broad SMARTS) is 1. The van der Waals surface area contributed by atoms with E-state index in [1.165, 1.54) is 12.1 Å². The van der Waals surface area contributed by atoms with Crippen LogP contribution in [0.5, 0.6) is 0 Å². The minimum atomic E-state index is -4.43. The van der Waals surface area contributed by atoms with E-state index >= 15 is 0 Å². The molecule has 1 aliphatic heterocycles. The second-order valence-electron chi connectivity index (χ2n) is 6.98. The summed E-state index contributed by atoms with van der Waals surface area (Å²) in [5.74, 6) is -1.49. The van der Waals surface area contributed by atoms with E-state index in [2.05, 4.69) is 0 Å². The maximum Gasteiger partial charge on any atom is 0.416 e. The van der Waals surface area contributed by atoms with Crippen LogP contribution in [0.1, 0.15) is 44.7 Å². The van der Waals surface area contributed by atoms with Crippen LogP contribution in [0.2, 0.25) is 0 Å². The van der Waals surface area contributed by atoms with Gasteiger partial charge in [0, 0.05) is 24.6 Å². The summed E-state index contributed by atoms with van der Waals surface area (Å²) in [6.45, 7) is 1.61. The third-order valence-electron chi connectivity index (χ3n) is 5.01. The number of alkyl halides is 3. The number of benzene rings is 2. The van der Waals surface area contributed by atoms with Gasteiger partial charge in [-0.1, -0.05) is 30.3 Å². The van der Waals surface area contributed by atoms with Gasteiger partial charge < -0.3 is 5.11 Å². The number of carbonyl (C=O) groups excluding carboxylic acids is 1. The van der Waals surface area contributed by atoms with Gasteiger partial charge in [-0.15, -0.1) is 0 Å². The summed E-state index contributed by atoms with van der Waals surface area (Å²) in [6.07, 6.45) is -3.00. The SMILES string of the molecule is O=C(O)c1ccccc1CN1CCC[C@@H](C(=O)c2ccc(C(F)(F)F)cc2)C1. The topological polar surface area (TPSA) is 57.6 Å². The van der Waals surface area contributed by atoms with Gasteiger partial charge >= 0.3 is 12.1 Å². The number of hydrogen-bond donors (Lipinski definition) is 1. The van der Waals surface area contributed by atoms with Gasteiger partial charge in [0.1, 0.15) is 0 Å². The second kappa shape index (κ2) is 8.14. The number of piperidine rings is 1. The largest absolute Gasteiger partial charge is 0.478 e. The molecular formula is C21H20F3NO3. The predicted octanol–water partition coefficient (Wildman–Crippen LogP) is 4.50. The Balaban J connectivity index is 1.69. The molecule has 2 aromatic rings. The summed E-state index contributed by atoms with van der Waals surface area (Å²) in [4.78, 5) is 26.1. The van der Waals surface area contributed by atoms with Crippen molar-refractivity contribution in [2.45, 2.75) is 25.6 Å². The first-order chi connectivity index (χ1) is 13.3. The zero-order chi connectivity index (χ0) is 20.3. The highest BCUT2D eigenvalue weighted by Gasteiger charge is 2.31. The van der Waals surface area contributed by atoms with Crippen LogP contribution in [-0.2, 0) is 12.7 Å². The Kier molecular flexibility index (Phi) is 5.84. The van der Waals surface area contributed by atoms with Gasteiger partial charge in [-0.25, -0.2) is 4.79 Å². The molecule has 3 rings (SSSR count). The fraction of sp³-hybridized carbons (Fsp3) is 0.333. The molecule has 0 aromatic heterocycles. The summed E-state index contributed by atoms with van der Waals surface area (Å²) in [5, 5.41) is 9.31. The van der Waals surface area contributed by atoms with Crippen LogP contribution in [0.4, 0.5) is 13.2 Å². The molecule has 1 heterocycles. The van der Waals surface area contributed by atoms with Crippen molar-refractivity contribution in [2.75, 3.05) is 13.1 Å². The number of ketones is 1. The molecule has 28 heavy (non-hydrogen) atoms. The average molecular weight is 391 g/mol. The van der Waals surface area contributed by atoms with Crippen LogP contribution in [0.25, 0.3) is 0 Å². The first-order valence-electron chi connectivity index (χ1n) is 9.00. The Morgan fingerprint density at radius 3 is 2.39 bits per heavy atom. The van der Waals surface area contributed by atoms with Crippen molar-refractivity contribution in [2.24, 2.45) is 5.92 Å². The lowest BCUT2D eigenvalue weighted by molar-refractivity contribution is -0.137. The van der Waals surface area contributed by atoms with Crippen molar-refractivity contribution in [1.82, 2.24) is 4.90 Å². The molecular weight excluding hydrogens is 371 g/mol. The highest BCUT2D eigenvalue weighted by molar-refractivity contribution is 5.98.